The summed E-state index contributed by atoms with van der Waals surface area (Å²) in [5.41, 5.74) is 0.407. The maximum absolute atomic E-state index is 12.7. The molecule has 7 nitrogen and oxygen atoms in total. The molecule has 1 aromatic carbocycles. The molecule has 2 rings (SSSR count). The zero-order valence-corrected chi connectivity index (χ0v) is 17.8. The van der Waals surface area contributed by atoms with Crippen molar-refractivity contribution in [3.63, 3.8) is 0 Å². The van der Waals surface area contributed by atoms with E-state index in [1.807, 2.05) is 18.7 Å². The molecule has 1 saturated heterocycles. The predicted molar refractivity (Wildman–Crippen MR) is 107 cm³/mol. The van der Waals surface area contributed by atoms with Gasteiger partial charge in [-0.2, -0.15) is 4.31 Å². The van der Waals surface area contributed by atoms with Crippen LogP contribution in [-0.4, -0.2) is 68.5 Å². The van der Waals surface area contributed by atoms with Crippen molar-refractivity contribution in [1.29, 1.82) is 0 Å². The Labute approximate surface area is 166 Å². The number of nitrogens with zero attached hydrogens (tertiary/aromatic N) is 2. The number of morpholine rings is 1. The van der Waals surface area contributed by atoms with Gasteiger partial charge in [0.15, 0.2) is 0 Å². The van der Waals surface area contributed by atoms with E-state index in [9.17, 15) is 13.2 Å². The molecule has 1 fully saturated rings. The molecule has 1 aliphatic rings. The van der Waals surface area contributed by atoms with Crippen LogP contribution in [0.2, 0.25) is 5.02 Å². The van der Waals surface area contributed by atoms with Crippen LogP contribution in [0.3, 0.4) is 0 Å². The number of anilines is 1. The third-order valence-electron chi connectivity index (χ3n) is 4.40. The van der Waals surface area contributed by atoms with Gasteiger partial charge in [-0.25, -0.2) is 8.42 Å². The molecule has 0 aromatic heterocycles. The lowest BCUT2D eigenvalue weighted by Crippen LogP contribution is -2.48. The zero-order valence-electron chi connectivity index (χ0n) is 16.2. The maximum Gasteiger partial charge on any atom is 0.244 e. The van der Waals surface area contributed by atoms with Crippen LogP contribution in [-0.2, 0) is 19.6 Å². The minimum atomic E-state index is -3.71. The van der Waals surface area contributed by atoms with Crippen LogP contribution < -0.4 is 5.32 Å². The van der Waals surface area contributed by atoms with Crippen molar-refractivity contribution in [3.05, 3.63) is 23.2 Å². The molecular weight excluding hydrogens is 390 g/mol. The summed E-state index contributed by atoms with van der Waals surface area (Å²) in [6.07, 6.45) is 0.144. The number of carbonyl (C=O) groups excluding carboxylic acids is 1. The van der Waals surface area contributed by atoms with Crippen molar-refractivity contribution in [1.82, 2.24) is 9.21 Å². The summed E-state index contributed by atoms with van der Waals surface area (Å²) in [5, 5.41) is 2.91. The number of carbonyl (C=O) groups is 1. The Hall–Kier alpha value is -1.19. The van der Waals surface area contributed by atoms with Gasteiger partial charge < -0.3 is 10.1 Å². The van der Waals surface area contributed by atoms with Gasteiger partial charge in [0.05, 0.1) is 23.8 Å². The van der Waals surface area contributed by atoms with Gasteiger partial charge in [0.2, 0.25) is 15.9 Å². The van der Waals surface area contributed by atoms with E-state index < -0.39 is 10.0 Å². The molecule has 1 N–H and O–H groups in total. The summed E-state index contributed by atoms with van der Waals surface area (Å²) in [6, 6.07) is 4.51. The van der Waals surface area contributed by atoms with Crippen molar-refractivity contribution < 1.29 is 17.9 Å². The number of sulfonamides is 1. The summed E-state index contributed by atoms with van der Waals surface area (Å²) in [4.78, 5) is 14.4. The number of benzene rings is 1. The van der Waals surface area contributed by atoms with E-state index in [0.717, 1.165) is 0 Å². The molecule has 0 spiro atoms. The summed E-state index contributed by atoms with van der Waals surface area (Å²) in [7, 11) is -3.71. The van der Waals surface area contributed by atoms with Gasteiger partial charge in [0.1, 0.15) is 4.90 Å². The average Bonchev–Trinajstić information content (AvgIpc) is 2.56. The number of nitrogens with one attached hydrogen (secondary N) is 1. The van der Waals surface area contributed by atoms with Gasteiger partial charge in [0.25, 0.3) is 0 Å². The molecule has 0 aliphatic carbocycles. The first-order valence-electron chi connectivity index (χ1n) is 9.14. The minimum Gasteiger partial charge on any atom is -0.373 e. The molecule has 1 amide bonds. The van der Waals surface area contributed by atoms with E-state index in [-0.39, 0.29) is 34.6 Å². The van der Waals surface area contributed by atoms with Crippen molar-refractivity contribution in [2.45, 2.75) is 44.8 Å². The van der Waals surface area contributed by atoms with E-state index in [1.165, 1.54) is 16.4 Å². The number of hydrogen-bond donors (Lipinski definition) is 1. The second kappa shape index (κ2) is 9.34. The Morgan fingerprint density at radius 1 is 1.26 bits per heavy atom. The van der Waals surface area contributed by atoms with Crippen molar-refractivity contribution >= 4 is 33.2 Å². The highest BCUT2D eigenvalue weighted by Crippen LogP contribution is 2.27. The van der Waals surface area contributed by atoms with Gasteiger partial charge in [-0.1, -0.05) is 25.4 Å². The first-order chi connectivity index (χ1) is 12.7. The Morgan fingerprint density at radius 2 is 1.85 bits per heavy atom. The fourth-order valence-electron chi connectivity index (χ4n) is 3.30. The number of rotatable bonds is 7. The highest BCUT2D eigenvalue weighted by Gasteiger charge is 2.26. The SMILES string of the molecule is CCN(CC)S(=O)(=O)c1cc(NC(=O)CN2C[C@@H](C)O[C@H](C)C2)ccc1Cl. The molecular formula is C18H28ClN3O4S. The highest BCUT2D eigenvalue weighted by molar-refractivity contribution is 7.89. The van der Waals surface area contributed by atoms with Crippen LogP contribution in [0.5, 0.6) is 0 Å². The molecule has 152 valence electrons. The third-order valence-corrected chi connectivity index (χ3v) is 6.93. The minimum absolute atomic E-state index is 0.000663. The first kappa shape index (κ1) is 22.1. The molecule has 1 aromatic rings. The van der Waals surface area contributed by atoms with Crippen LogP contribution in [0, 0.1) is 0 Å². The highest BCUT2D eigenvalue weighted by atomic mass is 35.5. The average molecular weight is 418 g/mol. The van der Waals surface area contributed by atoms with E-state index >= 15 is 0 Å². The Balaban J connectivity index is 2.12. The van der Waals surface area contributed by atoms with E-state index in [4.69, 9.17) is 16.3 Å². The number of amides is 1. The van der Waals surface area contributed by atoms with Crippen LogP contribution in [0.25, 0.3) is 0 Å². The number of ether oxygens (including phenoxy) is 1. The Kier molecular flexibility index (Phi) is 7.64. The zero-order chi connectivity index (χ0) is 20.2. The predicted octanol–water partition coefficient (Wildman–Crippen LogP) is 2.42. The smallest absolute Gasteiger partial charge is 0.244 e. The fourth-order valence-corrected chi connectivity index (χ4v) is 5.26. The second-order valence-corrected chi connectivity index (χ2v) is 9.05. The lowest BCUT2D eigenvalue weighted by molar-refractivity contribution is -0.121. The lowest BCUT2D eigenvalue weighted by atomic mass is 10.2. The first-order valence-corrected chi connectivity index (χ1v) is 11.0. The van der Waals surface area contributed by atoms with Gasteiger partial charge in [-0.15, -0.1) is 0 Å². The standard InChI is InChI=1S/C18H28ClN3O4S/c1-5-22(6-2)27(24,25)17-9-15(7-8-16(17)19)20-18(23)12-21-10-13(3)26-14(4)11-21/h7-9,13-14H,5-6,10-12H2,1-4H3,(H,20,23)/t13-,14-/m1/s1. The van der Waals surface area contributed by atoms with E-state index in [0.29, 0.717) is 31.9 Å². The van der Waals surface area contributed by atoms with Gasteiger partial charge in [-0.3, -0.25) is 9.69 Å². The lowest BCUT2D eigenvalue weighted by Gasteiger charge is -2.34. The van der Waals surface area contributed by atoms with E-state index in [2.05, 4.69) is 5.32 Å². The van der Waals surface area contributed by atoms with Crippen LogP contribution in [0.4, 0.5) is 5.69 Å². The van der Waals surface area contributed by atoms with Gasteiger partial charge >= 0.3 is 0 Å². The summed E-state index contributed by atoms with van der Waals surface area (Å²) in [6.45, 7) is 9.76. The van der Waals surface area contributed by atoms with Crippen molar-refractivity contribution in [3.8, 4) is 0 Å². The number of hydrogen-bond acceptors (Lipinski definition) is 5. The Morgan fingerprint density at radius 3 is 2.41 bits per heavy atom. The van der Waals surface area contributed by atoms with Crippen molar-refractivity contribution in [2.24, 2.45) is 0 Å². The second-order valence-electron chi connectivity index (χ2n) is 6.73. The van der Waals surface area contributed by atoms with E-state index in [1.54, 1.807) is 19.9 Å². The maximum atomic E-state index is 12.7. The normalized spacial score (nSPS) is 21.4. The molecule has 2 atom stereocenters. The number of halogens is 1. The molecule has 1 heterocycles. The van der Waals surface area contributed by atoms with Crippen LogP contribution in [0.1, 0.15) is 27.7 Å². The molecule has 0 bridgehead atoms. The molecule has 9 heteroatoms. The monoisotopic (exact) mass is 417 g/mol. The molecule has 0 unspecified atom stereocenters. The van der Waals surface area contributed by atoms with Crippen LogP contribution >= 0.6 is 11.6 Å². The van der Waals surface area contributed by atoms with Gasteiger partial charge in [0, 0.05) is 31.9 Å². The summed E-state index contributed by atoms with van der Waals surface area (Å²) in [5.74, 6) is -0.204. The summed E-state index contributed by atoms with van der Waals surface area (Å²) < 4.78 is 32.5. The van der Waals surface area contributed by atoms with Crippen LogP contribution in [0.15, 0.2) is 23.1 Å². The molecule has 0 saturated carbocycles. The fraction of sp³-hybridized carbons (Fsp3) is 0.611. The molecule has 0 radical (unpaired) electrons. The largest absolute Gasteiger partial charge is 0.373 e. The summed E-state index contributed by atoms with van der Waals surface area (Å²) >= 11 is 6.12. The van der Waals surface area contributed by atoms with Gasteiger partial charge in [-0.05, 0) is 32.0 Å². The Bertz CT molecular complexity index is 758. The quantitative estimate of drug-likeness (QED) is 0.737. The van der Waals surface area contributed by atoms with Crippen molar-refractivity contribution in [2.75, 3.05) is 38.0 Å². The third kappa shape index (κ3) is 5.65. The molecule has 1 aliphatic heterocycles. The topological polar surface area (TPSA) is 79.0 Å². The molecule has 27 heavy (non-hydrogen) atoms.